The second-order valence-corrected chi connectivity index (χ2v) is 6.10. The van der Waals surface area contributed by atoms with Crippen LogP contribution in [-0.4, -0.2) is 22.4 Å². The first-order valence-electron chi connectivity index (χ1n) is 7.31. The molecule has 112 valence electrons. The Hall–Kier alpha value is -1.52. The minimum atomic E-state index is 0.451. The number of aromatic nitrogens is 2. The lowest BCUT2D eigenvalue weighted by Gasteiger charge is -2.13. The van der Waals surface area contributed by atoms with Crippen LogP contribution >= 0.6 is 11.6 Å². The van der Waals surface area contributed by atoms with Gasteiger partial charge < -0.3 is 10.1 Å². The number of hydrogen-bond acceptors (Lipinski definition) is 3. The first kappa shape index (κ1) is 14.4. The van der Waals surface area contributed by atoms with Gasteiger partial charge in [0.2, 0.25) is 0 Å². The number of nitrogens with one attached hydrogen (secondary N) is 1. The highest BCUT2D eigenvalue weighted by Crippen LogP contribution is 2.33. The van der Waals surface area contributed by atoms with Crippen LogP contribution in [-0.2, 0) is 19.5 Å². The van der Waals surface area contributed by atoms with Crippen molar-refractivity contribution < 1.29 is 4.74 Å². The van der Waals surface area contributed by atoms with E-state index in [0.717, 1.165) is 41.6 Å². The van der Waals surface area contributed by atoms with Crippen molar-refractivity contribution in [3.8, 4) is 5.75 Å². The summed E-state index contributed by atoms with van der Waals surface area (Å²) in [6.45, 7) is 6.51. The fourth-order valence-electron chi connectivity index (χ4n) is 2.59. The summed E-state index contributed by atoms with van der Waals surface area (Å²) in [6.07, 6.45) is 2.77. The molecule has 5 heteroatoms. The summed E-state index contributed by atoms with van der Waals surface area (Å²) in [7, 11) is 0. The second kappa shape index (κ2) is 6.08. The summed E-state index contributed by atoms with van der Waals surface area (Å²) in [6, 6.07) is 6.47. The molecule has 2 heterocycles. The molecule has 3 rings (SSSR count). The number of hydrogen-bond donors (Lipinski definition) is 1. The molecular formula is C16H20ClN3O. The van der Waals surface area contributed by atoms with Crippen LogP contribution in [0.2, 0.25) is 5.02 Å². The molecule has 0 amide bonds. The number of nitrogens with zero attached hydrogens (tertiary/aromatic N) is 2. The molecule has 1 aromatic heterocycles. The summed E-state index contributed by atoms with van der Waals surface area (Å²) in [5.41, 5.74) is 3.46. The van der Waals surface area contributed by atoms with E-state index in [1.165, 1.54) is 5.56 Å². The topological polar surface area (TPSA) is 39.1 Å². The van der Waals surface area contributed by atoms with E-state index in [2.05, 4.69) is 24.3 Å². The molecule has 1 aliphatic rings. The number of ether oxygens (including phenoxy) is 1. The summed E-state index contributed by atoms with van der Waals surface area (Å²) >= 11 is 6.21. The lowest BCUT2D eigenvalue weighted by Crippen LogP contribution is -2.23. The molecular weight excluding hydrogens is 286 g/mol. The number of fused-ring (bicyclic) bond motifs is 1. The molecule has 0 fully saturated rings. The van der Waals surface area contributed by atoms with Gasteiger partial charge in [0.05, 0.1) is 18.8 Å². The van der Waals surface area contributed by atoms with Crippen LogP contribution < -0.4 is 10.1 Å². The molecule has 0 spiro atoms. The molecule has 0 unspecified atom stereocenters. The molecule has 0 saturated carbocycles. The molecule has 0 saturated heterocycles. The molecule has 0 aliphatic carbocycles. The zero-order chi connectivity index (χ0) is 14.8. The predicted molar refractivity (Wildman–Crippen MR) is 84.0 cm³/mol. The van der Waals surface area contributed by atoms with Gasteiger partial charge in [-0.15, -0.1) is 0 Å². The molecule has 0 atom stereocenters. The maximum Gasteiger partial charge on any atom is 0.127 e. The Balaban J connectivity index is 1.83. The minimum Gasteiger partial charge on any atom is -0.493 e. The maximum absolute atomic E-state index is 6.21. The largest absolute Gasteiger partial charge is 0.493 e. The van der Waals surface area contributed by atoms with E-state index in [4.69, 9.17) is 16.3 Å². The zero-order valence-electron chi connectivity index (χ0n) is 12.4. The molecule has 1 N–H and O–H groups in total. The van der Waals surface area contributed by atoms with Gasteiger partial charge in [-0.05, 0) is 23.8 Å². The Morgan fingerprint density at radius 2 is 2.29 bits per heavy atom. The van der Waals surface area contributed by atoms with E-state index < -0.39 is 0 Å². The Morgan fingerprint density at radius 3 is 3.10 bits per heavy atom. The Labute approximate surface area is 130 Å². The highest BCUT2D eigenvalue weighted by Gasteiger charge is 2.18. The van der Waals surface area contributed by atoms with Gasteiger partial charge in [0.15, 0.2) is 0 Å². The zero-order valence-corrected chi connectivity index (χ0v) is 13.2. The van der Waals surface area contributed by atoms with Gasteiger partial charge in [0.1, 0.15) is 5.75 Å². The predicted octanol–water partition coefficient (Wildman–Crippen LogP) is 3.02. The van der Waals surface area contributed by atoms with Crippen molar-refractivity contribution in [2.45, 2.75) is 39.4 Å². The average molecular weight is 306 g/mol. The molecule has 4 nitrogen and oxygen atoms in total. The van der Waals surface area contributed by atoms with Gasteiger partial charge in [-0.1, -0.05) is 25.4 Å². The van der Waals surface area contributed by atoms with Crippen LogP contribution in [0.5, 0.6) is 5.75 Å². The number of benzene rings is 1. The number of rotatable bonds is 5. The van der Waals surface area contributed by atoms with Gasteiger partial charge in [0, 0.05) is 35.8 Å². The van der Waals surface area contributed by atoms with Crippen molar-refractivity contribution in [3.05, 3.63) is 46.2 Å². The van der Waals surface area contributed by atoms with Crippen molar-refractivity contribution in [1.29, 1.82) is 0 Å². The first-order valence-corrected chi connectivity index (χ1v) is 7.69. The van der Waals surface area contributed by atoms with Crippen molar-refractivity contribution in [2.24, 2.45) is 0 Å². The first-order chi connectivity index (χ1) is 10.1. The molecule has 0 radical (unpaired) electrons. The molecule has 1 aromatic carbocycles. The minimum absolute atomic E-state index is 0.451. The maximum atomic E-state index is 6.21. The summed E-state index contributed by atoms with van der Waals surface area (Å²) in [5, 5.41) is 8.61. The summed E-state index contributed by atoms with van der Waals surface area (Å²) in [5.74, 6) is 0.984. The SMILES string of the molecule is CC(C)NCc1ccnn1Cc1cc(Cl)cc2c1OCC2. The van der Waals surface area contributed by atoms with Gasteiger partial charge in [-0.25, -0.2) is 0 Å². The van der Waals surface area contributed by atoms with E-state index in [9.17, 15) is 0 Å². The van der Waals surface area contributed by atoms with E-state index in [0.29, 0.717) is 12.6 Å². The van der Waals surface area contributed by atoms with Crippen molar-refractivity contribution in [1.82, 2.24) is 15.1 Å². The van der Waals surface area contributed by atoms with Crippen LogP contribution in [0.3, 0.4) is 0 Å². The van der Waals surface area contributed by atoms with Crippen molar-refractivity contribution in [2.75, 3.05) is 6.61 Å². The Kier molecular flexibility index (Phi) is 4.17. The third-order valence-corrected chi connectivity index (χ3v) is 3.86. The standard InChI is InChI=1S/C16H20ClN3O/c1-11(2)18-9-15-3-5-19-20(15)10-13-8-14(17)7-12-4-6-21-16(12)13/h3,5,7-8,11,18H,4,6,9-10H2,1-2H3. The van der Waals surface area contributed by atoms with Crippen LogP contribution in [0.1, 0.15) is 30.7 Å². The fraction of sp³-hybridized carbons (Fsp3) is 0.438. The monoisotopic (exact) mass is 305 g/mol. The van der Waals surface area contributed by atoms with E-state index >= 15 is 0 Å². The normalized spacial score (nSPS) is 13.5. The van der Waals surface area contributed by atoms with Crippen molar-refractivity contribution >= 4 is 11.6 Å². The third-order valence-electron chi connectivity index (χ3n) is 3.64. The van der Waals surface area contributed by atoms with Gasteiger partial charge in [-0.3, -0.25) is 4.68 Å². The van der Waals surface area contributed by atoms with Crippen molar-refractivity contribution in [3.63, 3.8) is 0 Å². The Bertz CT molecular complexity index is 636. The summed E-state index contributed by atoms with van der Waals surface area (Å²) in [4.78, 5) is 0. The fourth-order valence-corrected chi connectivity index (χ4v) is 2.85. The average Bonchev–Trinajstić information content (AvgIpc) is 3.05. The van der Waals surface area contributed by atoms with Gasteiger partial charge in [-0.2, -0.15) is 5.10 Å². The smallest absolute Gasteiger partial charge is 0.127 e. The van der Waals surface area contributed by atoms with Crippen LogP contribution in [0.4, 0.5) is 0 Å². The third kappa shape index (κ3) is 3.22. The lowest BCUT2D eigenvalue weighted by atomic mass is 10.1. The van der Waals surface area contributed by atoms with E-state index in [-0.39, 0.29) is 0 Å². The lowest BCUT2D eigenvalue weighted by molar-refractivity contribution is 0.352. The highest BCUT2D eigenvalue weighted by molar-refractivity contribution is 6.30. The second-order valence-electron chi connectivity index (χ2n) is 5.67. The molecule has 0 bridgehead atoms. The quantitative estimate of drug-likeness (QED) is 0.923. The van der Waals surface area contributed by atoms with Gasteiger partial charge >= 0.3 is 0 Å². The molecule has 21 heavy (non-hydrogen) atoms. The molecule has 1 aliphatic heterocycles. The highest BCUT2D eigenvalue weighted by atomic mass is 35.5. The van der Waals surface area contributed by atoms with Crippen LogP contribution in [0.25, 0.3) is 0 Å². The van der Waals surface area contributed by atoms with E-state index in [1.807, 2.05) is 29.1 Å². The Morgan fingerprint density at radius 1 is 1.43 bits per heavy atom. The van der Waals surface area contributed by atoms with E-state index in [1.54, 1.807) is 0 Å². The van der Waals surface area contributed by atoms with Crippen LogP contribution in [0.15, 0.2) is 24.4 Å². The van der Waals surface area contributed by atoms with Crippen LogP contribution in [0, 0.1) is 0 Å². The summed E-state index contributed by atoms with van der Waals surface area (Å²) < 4.78 is 7.76. The molecule has 2 aromatic rings. The number of halogens is 1. The van der Waals surface area contributed by atoms with Gasteiger partial charge in [0.25, 0.3) is 0 Å².